The van der Waals surface area contributed by atoms with E-state index in [9.17, 15) is 4.79 Å². The van der Waals surface area contributed by atoms with Gasteiger partial charge in [-0.05, 0) is 42.0 Å². The maximum Gasteiger partial charge on any atom is 0.260 e. The van der Waals surface area contributed by atoms with Gasteiger partial charge in [0.15, 0.2) is 6.10 Å². The Hall–Kier alpha value is -3.21. The molecular formula is C22H23NO4. The summed E-state index contributed by atoms with van der Waals surface area (Å²) in [7, 11) is 1.59. The number of methoxy groups -OCH3 is 1. The zero-order valence-electron chi connectivity index (χ0n) is 15.5. The second kappa shape index (κ2) is 8.94. The number of amides is 1. The first-order valence-corrected chi connectivity index (χ1v) is 8.86. The molecule has 27 heavy (non-hydrogen) atoms. The molecule has 0 saturated heterocycles. The zero-order chi connectivity index (χ0) is 19.1. The highest BCUT2D eigenvalue weighted by molar-refractivity contribution is 5.83. The quantitative estimate of drug-likeness (QED) is 0.617. The molecule has 0 saturated carbocycles. The van der Waals surface area contributed by atoms with E-state index >= 15 is 0 Å². The summed E-state index contributed by atoms with van der Waals surface area (Å²) in [4.78, 5) is 12.2. The number of hydrogen-bond donors (Lipinski definition) is 1. The molecule has 3 rings (SSSR count). The molecule has 3 aromatic rings. The Morgan fingerprint density at radius 2 is 1.70 bits per heavy atom. The van der Waals surface area contributed by atoms with Gasteiger partial charge in [0.2, 0.25) is 0 Å². The van der Waals surface area contributed by atoms with E-state index in [0.29, 0.717) is 24.7 Å². The van der Waals surface area contributed by atoms with Crippen molar-refractivity contribution in [1.29, 1.82) is 0 Å². The zero-order valence-corrected chi connectivity index (χ0v) is 15.5. The number of carbonyl (C=O) groups is 1. The fraction of sp³-hybridized carbons (Fsp3) is 0.227. The maximum absolute atomic E-state index is 12.2. The van der Waals surface area contributed by atoms with Crippen molar-refractivity contribution in [2.24, 2.45) is 0 Å². The standard InChI is InChI=1S/C22H23NO4/c1-16(27-21-9-5-8-19(15-21)25-2)22(24)23-12-13-26-20-11-10-17-6-3-4-7-18(17)14-20/h3-11,14-16H,12-13H2,1-2H3,(H,23,24)/t16-/m1/s1. The third kappa shape index (κ3) is 5.14. The largest absolute Gasteiger partial charge is 0.497 e. The van der Waals surface area contributed by atoms with Gasteiger partial charge in [-0.2, -0.15) is 0 Å². The van der Waals surface area contributed by atoms with Crippen LogP contribution in [0.5, 0.6) is 17.2 Å². The molecule has 0 unspecified atom stereocenters. The van der Waals surface area contributed by atoms with E-state index < -0.39 is 6.10 Å². The van der Waals surface area contributed by atoms with Crippen molar-refractivity contribution in [1.82, 2.24) is 5.32 Å². The minimum atomic E-state index is -0.613. The summed E-state index contributed by atoms with van der Waals surface area (Å²) >= 11 is 0. The summed E-state index contributed by atoms with van der Waals surface area (Å²) in [6.07, 6.45) is -0.613. The van der Waals surface area contributed by atoms with E-state index in [1.54, 1.807) is 26.2 Å². The van der Waals surface area contributed by atoms with Crippen LogP contribution >= 0.6 is 0 Å². The van der Waals surface area contributed by atoms with Gasteiger partial charge in [-0.3, -0.25) is 4.79 Å². The van der Waals surface area contributed by atoms with Gasteiger partial charge < -0.3 is 19.5 Å². The molecule has 0 aliphatic heterocycles. The van der Waals surface area contributed by atoms with Crippen LogP contribution in [0.1, 0.15) is 6.92 Å². The maximum atomic E-state index is 12.2. The van der Waals surface area contributed by atoms with E-state index in [-0.39, 0.29) is 5.91 Å². The minimum Gasteiger partial charge on any atom is -0.497 e. The predicted molar refractivity (Wildman–Crippen MR) is 106 cm³/mol. The second-order valence-corrected chi connectivity index (χ2v) is 6.09. The molecule has 1 amide bonds. The van der Waals surface area contributed by atoms with Crippen molar-refractivity contribution < 1.29 is 19.0 Å². The fourth-order valence-corrected chi connectivity index (χ4v) is 2.68. The number of benzene rings is 3. The van der Waals surface area contributed by atoms with Gasteiger partial charge in [0.05, 0.1) is 13.7 Å². The van der Waals surface area contributed by atoms with Crippen LogP contribution in [0.25, 0.3) is 10.8 Å². The molecule has 140 valence electrons. The Balaban J connectivity index is 1.44. The third-order valence-electron chi connectivity index (χ3n) is 4.11. The first-order chi connectivity index (χ1) is 13.2. The monoisotopic (exact) mass is 365 g/mol. The predicted octanol–water partition coefficient (Wildman–Crippen LogP) is 3.81. The van der Waals surface area contributed by atoms with Crippen molar-refractivity contribution in [3.63, 3.8) is 0 Å². The van der Waals surface area contributed by atoms with Crippen LogP contribution in [0.2, 0.25) is 0 Å². The average molecular weight is 365 g/mol. The van der Waals surface area contributed by atoms with Crippen molar-refractivity contribution in [2.75, 3.05) is 20.3 Å². The number of hydrogen-bond acceptors (Lipinski definition) is 4. The summed E-state index contributed by atoms with van der Waals surface area (Å²) in [5.74, 6) is 1.86. The Morgan fingerprint density at radius 1 is 0.926 bits per heavy atom. The number of nitrogens with one attached hydrogen (secondary N) is 1. The third-order valence-corrected chi connectivity index (χ3v) is 4.11. The molecule has 0 radical (unpaired) electrons. The van der Waals surface area contributed by atoms with Crippen LogP contribution in [-0.4, -0.2) is 32.3 Å². The summed E-state index contributed by atoms with van der Waals surface area (Å²) in [6.45, 7) is 2.49. The number of carbonyl (C=O) groups excluding carboxylic acids is 1. The van der Waals surface area contributed by atoms with E-state index in [0.717, 1.165) is 11.1 Å². The van der Waals surface area contributed by atoms with E-state index in [4.69, 9.17) is 14.2 Å². The van der Waals surface area contributed by atoms with Gasteiger partial charge in [0, 0.05) is 6.07 Å². The van der Waals surface area contributed by atoms with E-state index in [1.807, 2.05) is 48.5 Å². The van der Waals surface area contributed by atoms with Crippen molar-refractivity contribution in [2.45, 2.75) is 13.0 Å². The lowest BCUT2D eigenvalue weighted by atomic mass is 10.1. The average Bonchev–Trinajstić information content (AvgIpc) is 2.71. The number of fused-ring (bicyclic) bond motifs is 1. The summed E-state index contributed by atoms with van der Waals surface area (Å²) in [6, 6.07) is 21.2. The molecule has 0 bridgehead atoms. The Morgan fingerprint density at radius 3 is 2.52 bits per heavy atom. The Labute approximate surface area is 158 Å². The van der Waals surface area contributed by atoms with Gasteiger partial charge in [0.25, 0.3) is 5.91 Å². The minimum absolute atomic E-state index is 0.195. The van der Waals surface area contributed by atoms with Crippen LogP contribution in [0.4, 0.5) is 0 Å². The van der Waals surface area contributed by atoms with Crippen LogP contribution in [0.3, 0.4) is 0 Å². The lowest BCUT2D eigenvalue weighted by Crippen LogP contribution is -2.38. The highest BCUT2D eigenvalue weighted by Crippen LogP contribution is 2.21. The lowest BCUT2D eigenvalue weighted by molar-refractivity contribution is -0.127. The smallest absolute Gasteiger partial charge is 0.260 e. The summed E-state index contributed by atoms with van der Waals surface area (Å²) < 4.78 is 16.5. The van der Waals surface area contributed by atoms with Crippen molar-refractivity contribution in [3.8, 4) is 17.2 Å². The molecule has 5 heteroatoms. The second-order valence-electron chi connectivity index (χ2n) is 6.09. The van der Waals surface area contributed by atoms with Crippen molar-refractivity contribution >= 4 is 16.7 Å². The van der Waals surface area contributed by atoms with Crippen LogP contribution in [0.15, 0.2) is 66.7 Å². The number of rotatable bonds is 8. The Kier molecular flexibility index (Phi) is 6.15. The molecule has 1 atom stereocenters. The molecule has 0 aliphatic carbocycles. The highest BCUT2D eigenvalue weighted by atomic mass is 16.5. The topological polar surface area (TPSA) is 56.8 Å². The van der Waals surface area contributed by atoms with Gasteiger partial charge in [-0.25, -0.2) is 0 Å². The van der Waals surface area contributed by atoms with Gasteiger partial charge in [0.1, 0.15) is 23.9 Å². The summed E-state index contributed by atoms with van der Waals surface area (Å²) in [5.41, 5.74) is 0. The SMILES string of the molecule is COc1cccc(O[C@H](C)C(=O)NCCOc2ccc3ccccc3c2)c1. The van der Waals surface area contributed by atoms with Gasteiger partial charge >= 0.3 is 0 Å². The molecule has 0 aliphatic rings. The van der Waals surface area contributed by atoms with E-state index in [2.05, 4.69) is 11.4 Å². The fourth-order valence-electron chi connectivity index (χ4n) is 2.68. The Bertz CT molecular complexity index is 909. The molecule has 5 nitrogen and oxygen atoms in total. The van der Waals surface area contributed by atoms with E-state index in [1.165, 1.54) is 5.39 Å². The number of ether oxygens (including phenoxy) is 3. The molecule has 0 fully saturated rings. The van der Waals surface area contributed by atoms with Crippen LogP contribution < -0.4 is 19.5 Å². The molecule has 0 aromatic heterocycles. The highest BCUT2D eigenvalue weighted by Gasteiger charge is 2.14. The first-order valence-electron chi connectivity index (χ1n) is 8.86. The van der Waals surface area contributed by atoms with Gasteiger partial charge in [-0.1, -0.05) is 36.4 Å². The summed E-state index contributed by atoms with van der Waals surface area (Å²) in [5, 5.41) is 5.11. The first kappa shape index (κ1) is 18.6. The molecule has 0 spiro atoms. The van der Waals surface area contributed by atoms with Crippen molar-refractivity contribution in [3.05, 3.63) is 66.7 Å². The lowest BCUT2D eigenvalue weighted by Gasteiger charge is -2.15. The molecule has 1 N–H and O–H groups in total. The molecule has 0 heterocycles. The van der Waals surface area contributed by atoms with Crippen LogP contribution in [0, 0.1) is 0 Å². The molecule has 3 aromatic carbocycles. The van der Waals surface area contributed by atoms with Gasteiger partial charge in [-0.15, -0.1) is 0 Å². The normalized spacial score (nSPS) is 11.6. The molecular weight excluding hydrogens is 342 g/mol. The van der Waals surface area contributed by atoms with Crippen LogP contribution in [-0.2, 0) is 4.79 Å².